The van der Waals surface area contributed by atoms with Gasteiger partial charge in [0.25, 0.3) is 5.91 Å². The van der Waals surface area contributed by atoms with E-state index in [4.69, 9.17) is 0 Å². The number of aryl methyl sites for hydroxylation is 1. The predicted octanol–water partition coefficient (Wildman–Crippen LogP) is 3.46. The first-order chi connectivity index (χ1) is 12.2. The van der Waals surface area contributed by atoms with Crippen molar-refractivity contribution in [3.05, 3.63) is 52.2 Å². The van der Waals surface area contributed by atoms with Crippen molar-refractivity contribution >= 4 is 29.0 Å². The number of nitrogens with zero attached hydrogens (tertiary/aromatic N) is 4. The SMILES string of the molecule is CCCNC(=O)c1csc(CSc2nnc(C)n2-c2ccccc2)n1. The van der Waals surface area contributed by atoms with Crippen molar-refractivity contribution in [2.24, 2.45) is 0 Å². The summed E-state index contributed by atoms with van der Waals surface area (Å²) < 4.78 is 2.02. The fourth-order valence-electron chi connectivity index (χ4n) is 2.25. The van der Waals surface area contributed by atoms with Crippen LogP contribution in [0, 0.1) is 6.92 Å². The highest BCUT2D eigenvalue weighted by Gasteiger charge is 2.14. The van der Waals surface area contributed by atoms with E-state index in [1.54, 1.807) is 17.1 Å². The van der Waals surface area contributed by atoms with Crippen molar-refractivity contribution in [1.29, 1.82) is 0 Å². The van der Waals surface area contributed by atoms with Crippen molar-refractivity contribution in [2.45, 2.75) is 31.2 Å². The van der Waals surface area contributed by atoms with E-state index < -0.39 is 0 Å². The first-order valence-electron chi connectivity index (χ1n) is 8.02. The van der Waals surface area contributed by atoms with E-state index in [1.807, 2.05) is 48.7 Å². The monoisotopic (exact) mass is 373 g/mol. The van der Waals surface area contributed by atoms with Crippen LogP contribution in [0.2, 0.25) is 0 Å². The molecule has 0 spiro atoms. The van der Waals surface area contributed by atoms with Gasteiger partial charge < -0.3 is 5.32 Å². The summed E-state index contributed by atoms with van der Waals surface area (Å²) in [5, 5.41) is 14.8. The smallest absolute Gasteiger partial charge is 0.270 e. The Kier molecular flexibility index (Phi) is 5.83. The van der Waals surface area contributed by atoms with Crippen LogP contribution in [0.5, 0.6) is 0 Å². The summed E-state index contributed by atoms with van der Waals surface area (Å²) in [5.74, 6) is 1.38. The lowest BCUT2D eigenvalue weighted by atomic mass is 10.3. The van der Waals surface area contributed by atoms with Gasteiger partial charge in [-0.15, -0.1) is 21.5 Å². The van der Waals surface area contributed by atoms with Gasteiger partial charge in [-0.1, -0.05) is 36.9 Å². The van der Waals surface area contributed by atoms with Gasteiger partial charge >= 0.3 is 0 Å². The zero-order chi connectivity index (χ0) is 17.6. The summed E-state index contributed by atoms with van der Waals surface area (Å²) in [6.07, 6.45) is 0.910. The average Bonchev–Trinajstić information content (AvgIpc) is 3.25. The van der Waals surface area contributed by atoms with Gasteiger partial charge in [-0.05, 0) is 25.5 Å². The van der Waals surface area contributed by atoms with E-state index in [1.165, 1.54) is 11.3 Å². The lowest BCUT2D eigenvalue weighted by molar-refractivity contribution is 0.0949. The minimum atomic E-state index is -0.113. The van der Waals surface area contributed by atoms with Crippen molar-refractivity contribution < 1.29 is 4.79 Å². The second-order valence-corrected chi connectivity index (χ2v) is 7.26. The molecule has 2 heterocycles. The number of amides is 1. The fourth-order valence-corrected chi connectivity index (χ4v) is 4.04. The van der Waals surface area contributed by atoms with Gasteiger partial charge in [0.05, 0.1) is 5.75 Å². The molecule has 0 bridgehead atoms. The number of aromatic nitrogens is 4. The van der Waals surface area contributed by atoms with Gasteiger partial charge in [0.1, 0.15) is 16.5 Å². The molecule has 0 aliphatic heterocycles. The van der Waals surface area contributed by atoms with E-state index in [2.05, 4.69) is 20.5 Å². The lowest BCUT2D eigenvalue weighted by Gasteiger charge is -2.07. The molecular formula is C17H19N5OS2. The van der Waals surface area contributed by atoms with Gasteiger partial charge in [-0.3, -0.25) is 9.36 Å². The van der Waals surface area contributed by atoms with E-state index in [-0.39, 0.29) is 5.91 Å². The molecule has 1 aromatic carbocycles. The lowest BCUT2D eigenvalue weighted by Crippen LogP contribution is -2.24. The average molecular weight is 374 g/mol. The molecule has 0 saturated heterocycles. The Morgan fingerprint density at radius 3 is 2.84 bits per heavy atom. The number of hydrogen-bond acceptors (Lipinski definition) is 6. The standard InChI is InChI=1S/C17H19N5OS2/c1-3-9-18-16(23)14-10-24-15(19-14)11-25-17-21-20-12(2)22(17)13-7-5-4-6-8-13/h4-8,10H,3,9,11H2,1-2H3,(H,18,23). The highest BCUT2D eigenvalue weighted by atomic mass is 32.2. The third-order valence-electron chi connectivity index (χ3n) is 3.45. The molecule has 0 unspecified atom stereocenters. The Morgan fingerprint density at radius 1 is 1.28 bits per heavy atom. The molecular weight excluding hydrogens is 354 g/mol. The predicted molar refractivity (Wildman–Crippen MR) is 100 cm³/mol. The molecule has 8 heteroatoms. The van der Waals surface area contributed by atoms with Crippen LogP contribution in [-0.2, 0) is 5.75 Å². The zero-order valence-corrected chi connectivity index (χ0v) is 15.7. The molecule has 130 valence electrons. The summed E-state index contributed by atoms with van der Waals surface area (Å²) in [5.41, 5.74) is 1.51. The largest absolute Gasteiger partial charge is 0.351 e. The quantitative estimate of drug-likeness (QED) is 0.642. The molecule has 3 aromatic rings. The van der Waals surface area contributed by atoms with Crippen LogP contribution in [0.15, 0.2) is 40.9 Å². The zero-order valence-electron chi connectivity index (χ0n) is 14.1. The number of hydrogen-bond donors (Lipinski definition) is 1. The van der Waals surface area contributed by atoms with Crippen LogP contribution >= 0.6 is 23.1 Å². The second kappa shape index (κ2) is 8.26. The molecule has 0 saturated carbocycles. The number of thiazole rings is 1. The number of para-hydroxylation sites is 1. The summed E-state index contributed by atoms with van der Waals surface area (Å²) in [6, 6.07) is 10.0. The molecule has 25 heavy (non-hydrogen) atoms. The summed E-state index contributed by atoms with van der Waals surface area (Å²) >= 11 is 3.05. The van der Waals surface area contributed by atoms with Gasteiger partial charge in [0.15, 0.2) is 5.16 Å². The highest BCUT2D eigenvalue weighted by Crippen LogP contribution is 2.26. The van der Waals surface area contributed by atoms with E-state index in [0.29, 0.717) is 18.0 Å². The number of thioether (sulfide) groups is 1. The molecule has 0 aliphatic carbocycles. The Morgan fingerprint density at radius 2 is 2.08 bits per heavy atom. The molecule has 1 N–H and O–H groups in total. The van der Waals surface area contributed by atoms with Crippen LogP contribution < -0.4 is 5.32 Å². The Labute approximate surface area is 154 Å². The molecule has 2 aromatic heterocycles. The van der Waals surface area contributed by atoms with Crippen molar-refractivity contribution in [3.63, 3.8) is 0 Å². The Hall–Kier alpha value is -2.19. The molecule has 6 nitrogen and oxygen atoms in total. The number of carbonyl (C=O) groups is 1. The number of rotatable bonds is 7. The Balaban J connectivity index is 1.69. The first-order valence-corrected chi connectivity index (χ1v) is 9.88. The third-order valence-corrected chi connectivity index (χ3v) is 5.43. The van der Waals surface area contributed by atoms with Gasteiger partial charge in [0.2, 0.25) is 0 Å². The number of nitrogens with one attached hydrogen (secondary N) is 1. The molecule has 0 atom stereocenters. The second-order valence-electron chi connectivity index (χ2n) is 5.37. The van der Waals surface area contributed by atoms with Crippen molar-refractivity contribution in [1.82, 2.24) is 25.1 Å². The van der Waals surface area contributed by atoms with Crippen LogP contribution in [0.3, 0.4) is 0 Å². The van der Waals surface area contributed by atoms with Gasteiger partial charge in [-0.2, -0.15) is 0 Å². The topological polar surface area (TPSA) is 72.7 Å². The Bertz CT molecular complexity index is 844. The molecule has 1 amide bonds. The molecule has 0 aliphatic rings. The van der Waals surface area contributed by atoms with Crippen LogP contribution in [-0.4, -0.2) is 32.2 Å². The number of benzene rings is 1. The summed E-state index contributed by atoms with van der Waals surface area (Å²) in [6.45, 7) is 4.62. The van der Waals surface area contributed by atoms with Crippen molar-refractivity contribution in [2.75, 3.05) is 6.54 Å². The number of carbonyl (C=O) groups excluding carboxylic acids is 1. The first kappa shape index (κ1) is 17.6. The third kappa shape index (κ3) is 4.26. The van der Waals surface area contributed by atoms with Crippen LogP contribution in [0.25, 0.3) is 5.69 Å². The highest BCUT2D eigenvalue weighted by molar-refractivity contribution is 7.98. The van der Waals surface area contributed by atoms with E-state index in [0.717, 1.165) is 28.1 Å². The van der Waals surface area contributed by atoms with E-state index in [9.17, 15) is 4.79 Å². The van der Waals surface area contributed by atoms with Crippen LogP contribution in [0.1, 0.15) is 34.7 Å². The van der Waals surface area contributed by atoms with Crippen molar-refractivity contribution in [3.8, 4) is 5.69 Å². The maximum atomic E-state index is 11.9. The maximum absolute atomic E-state index is 11.9. The van der Waals surface area contributed by atoms with Crippen LogP contribution in [0.4, 0.5) is 0 Å². The minimum absolute atomic E-state index is 0.113. The normalized spacial score (nSPS) is 10.8. The minimum Gasteiger partial charge on any atom is -0.351 e. The fraction of sp³-hybridized carbons (Fsp3) is 0.294. The molecule has 0 radical (unpaired) electrons. The van der Waals surface area contributed by atoms with E-state index >= 15 is 0 Å². The summed E-state index contributed by atoms with van der Waals surface area (Å²) in [7, 11) is 0. The maximum Gasteiger partial charge on any atom is 0.270 e. The molecule has 3 rings (SSSR count). The molecule has 0 fully saturated rings. The van der Waals surface area contributed by atoms with Gasteiger partial charge in [0, 0.05) is 17.6 Å². The van der Waals surface area contributed by atoms with Gasteiger partial charge in [-0.25, -0.2) is 4.98 Å². The summed E-state index contributed by atoms with van der Waals surface area (Å²) in [4.78, 5) is 16.3.